The summed E-state index contributed by atoms with van der Waals surface area (Å²) in [5, 5.41) is -0.0341. The molecule has 0 amide bonds. The highest BCUT2D eigenvalue weighted by Crippen LogP contribution is 2.23. The number of rotatable bonds is 4. The zero-order valence-electron chi connectivity index (χ0n) is 11.2. The van der Waals surface area contributed by atoms with E-state index in [0.717, 1.165) is 23.3 Å². The predicted octanol–water partition coefficient (Wildman–Crippen LogP) is 2.85. The van der Waals surface area contributed by atoms with Gasteiger partial charge in [-0.1, -0.05) is 23.7 Å². The average Bonchev–Trinajstić information content (AvgIpc) is 2.43. The van der Waals surface area contributed by atoms with Gasteiger partial charge in [-0.3, -0.25) is 0 Å². The molecule has 2 rings (SSSR count). The Bertz CT molecular complexity index is 779. The van der Waals surface area contributed by atoms with Crippen LogP contribution >= 0.6 is 11.6 Å². The molecule has 0 aliphatic heterocycles. The maximum absolute atomic E-state index is 13.2. The zero-order chi connectivity index (χ0) is 15.6. The van der Waals surface area contributed by atoms with Crippen LogP contribution in [0.25, 0.3) is 0 Å². The van der Waals surface area contributed by atoms with E-state index < -0.39 is 15.8 Å². The van der Waals surface area contributed by atoms with Crippen LogP contribution in [0.5, 0.6) is 0 Å². The Morgan fingerprint density at radius 2 is 2.00 bits per heavy atom. The molecule has 2 aromatic carbocycles. The molecule has 0 radical (unpaired) electrons. The van der Waals surface area contributed by atoms with Crippen molar-refractivity contribution in [1.82, 2.24) is 4.72 Å². The Hall–Kier alpha value is -1.63. The largest absolute Gasteiger partial charge is 0.399 e. The number of nitrogen functional groups attached to an aromatic ring is 1. The van der Waals surface area contributed by atoms with Gasteiger partial charge in [0.05, 0.1) is 5.02 Å². The van der Waals surface area contributed by atoms with Crippen molar-refractivity contribution in [1.29, 1.82) is 0 Å². The van der Waals surface area contributed by atoms with Crippen LogP contribution in [0.4, 0.5) is 10.1 Å². The van der Waals surface area contributed by atoms with Crippen molar-refractivity contribution >= 4 is 27.3 Å². The smallest absolute Gasteiger partial charge is 0.242 e. The second-order valence-corrected chi connectivity index (χ2v) is 6.67. The average molecular weight is 329 g/mol. The third kappa shape index (κ3) is 3.53. The number of anilines is 1. The molecule has 0 aliphatic rings. The second kappa shape index (κ2) is 6.01. The molecule has 3 N–H and O–H groups in total. The number of halogens is 2. The lowest BCUT2D eigenvalue weighted by Gasteiger charge is -2.11. The number of nitrogens with two attached hydrogens (primary N) is 1. The monoisotopic (exact) mass is 328 g/mol. The van der Waals surface area contributed by atoms with E-state index in [0.29, 0.717) is 5.69 Å². The Morgan fingerprint density at radius 1 is 1.29 bits per heavy atom. The van der Waals surface area contributed by atoms with Crippen LogP contribution in [-0.2, 0) is 16.6 Å². The standard InChI is InChI=1S/C14H14ClFN2O2S/c1-9-10(3-2-4-13(9)17)8-18-21(19,20)14-7-11(16)5-6-12(14)15/h2-7,18H,8,17H2,1H3. The molecule has 112 valence electrons. The van der Waals surface area contributed by atoms with Crippen LogP contribution < -0.4 is 10.5 Å². The molecule has 7 heteroatoms. The third-order valence-electron chi connectivity index (χ3n) is 3.12. The molecule has 0 saturated carbocycles. The maximum atomic E-state index is 13.2. The number of nitrogens with one attached hydrogen (secondary N) is 1. The van der Waals surface area contributed by atoms with Crippen molar-refractivity contribution in [3.63, 3.8) is 0 Å². The minimum atomic E-state index is -3.90. The number of sulfonamides is 1. The fraction of sp³-hybridized carbons (Fsp3) is 0.143. The summed E-state index contributed by atoms with van der Waals surface area (Å²) in [5.74, 6) is -0.667. The second-order valence-electron chi connectivity index (χ2n) is 4.53. The molecule has 0 bridgehead atoms. The third-order valence-corrected chi connectivity index (χ3v) is 5.01. The normalized spacial score (nSPS) is 11.6. The molecule has 21 heavy (non-hydrogen) atoms. The summed E-state index contributed by atoms with van der Waals surface area (Å²) < 4.78 is 39.9. The van der Waals surface area contributed by atoms with E-state index in [9.17, 15) is 12.8 Å². The number of hydrogen-bond acceptors (Lipinski definition) is 3. The molecular weight excluding hydrogens is 315 g/mol. The minimum Gasteiger partial charge on any atom is -0.399 e. The van der Waals surface area contributed by atoms with Gasteiger partial charge in [0.25, 0.3) is 0 Å². The van der Waals surface area contributed by atoms with Crippen molar-refractivity contribution in [2.75, 3.05) is 5.73 Å². The van der Waals surface area contributed by atoms with Gasteiger partial charge in [0, 0.05) is 12.2 Å². The van der Waals surface area contributed by atoms with Gasteiger partial charge in [-0.2, -0.15) is 0 Å². The number of benzene rings is 2. The van der Waals surface area contributed by atoms with Crippen molar-refractivity contribution in [2.45, 2.75) is 18.4 Å². The van der Waals surface area contributed by atoms with Crippen molar-refractivity contribution in [2.24, 2.45) is 0 Å². The SMILES string of the molecule is Cc1c(N)cccc1CNS(=O)(=O)c1cc(F)ccc1Cl. The lowest BCUT2D eigenvalue weighted by atomic mass is 10.1. The van der Waals surface area contributed by atoms with E-state index in [4.69, 9.17) is 17.3 Å². The lowest BCUT2D eigenvalue weighted by Crippen LogP contribution is -2.24. The molecule has 0 atom stereocenters. The molecule has 0 aromatic heterocycles. The summed E-state index contributed by atoms with van der Waals surface area (Å²) in [6.45, 7) is 1.85. The topological polar surface area (TPSA) is 72.2 Å². The molecule has 0 unspecified atom stereocenters. The quantitative estimate of drug-likeness (QED) is 0.848. The summed E-state index contributed by atoms with van der Waals surface area (Å²) in [5.41, 5.74) is 7.88. The molecule has 0 heterocycles. The first-order chi connectivity index (χ1) is 9.81. The van der Waals surface area contributed by atoms with Gasteiger partial charge in [-0.15, -0.1) is 0 Å². The highest BCUT2D eigenvalue weighted by Gasteiger charge is 2.19. The fourth-order valence-electron chi connectivity index (χ4n) is 1.83. The molecule has 0 aliphatic carbocycles. The summed E-state index contributed by atoms with van der Waals surface area (Å²) in [6.07, 6.45) is 0. The number of hydrogen-bond donors (Lipinski definition) is 2. The predicted molar refractivity (Wildman–Crippen MR) is 81.0 cm³/mol. The molecule has 0 saturated heterocycles. The summed E-state index contributed by atoms with van der Waals surface area (Å²) in [4.78, 5) is -0.286. The molecule has 2 aromatic rings. The van der Waals surface area contributed by atoms with Crippen molar-refractivity contribution in [3.8, 4) is 0 Å². The zero-order valence-corrected chi connectivity index (χ0v) is 12.8. The minimum absolute atomic E-state index is 0.0341. The van der Waals surface area contributed by atoms with Gasteiger partial charge in [0.15, 0.2) is 0 Å². The lowest BCUT2D eigenvalue weighted by molar-refractivity contribution is 0.577. The van der Waals surface area contributed by atoms with Crippen molar-refractivity contribution in [3.05, 3.63) is 58.4 Å². The fourth-order valence-corrected chi connectivity index (χ4v) is 3.34. The van der Waals surface area contributed by atoms with Gasteiger partial charge < -0.3 is 5.73 Å². The summed E-state index contributed by atoms with van der Waals surface area (Å²) in [6, 6.07) is 8.43. The highest BCUT2D eigenvalue weighted by atomic mass is 35.5. The Labute approximate surface area is 127 Å². The van der Waals surface area contributed by atoms with Gasteiger partial charge in [-0.05, 0) is 42.3 Å². The van der Waals surface area contributed by atoms with E-state index in [1.165, 1.54) is 6.07 Å². The first-order valence-corrected chi connectivity index (χ1v) is 7.96. The highest BCUT2D eigenvalue weighted by molar-refractivity contribution is 7.89. The van der Waals surface area contributed by atoms with E-state index in [-0.39, 0.29) is 16.5 Å². The van der Waals surface area contributed by atoms with E-state index in [1.54, 1.807) is 25.1 Å². The van der Waals surface area contributed by atoms with Gasteiger partial charge in [0.2, 0.25) is 10.0 Å². The van der Waals surface area contributed by atoms with Crippen LogP contribution in [0.2, 0.25) is 5.02 Å². The van der Waals surface area contributed by atoms with Crippen LogP contribution in [-0.4, -0.2) is 8.42 Å². The van der Waals surface area contributed by atoms with E-state index >= 15 is 0 Å². The Morgan fingerprint density at radius 3 is 2.71 bits per heavy atom. The first kappa shape index (κ1) is 15.8. The van der Waals surface area contributed by atoms with Gasteiger partial charge in [0.1, 0.15) is 10.7 Å². The van der Waals surface area contributed by atoms with Crippen LogP contribution in [0, 0.1) is 12.7 Å². The molecular formula is C14H14ClFN2O2S. The first-order valence-electron chi connectivity index (χ1n) is 6.10. The van der Waals surface area contributed by atoms with Gasteiger partial charge >= 0.3 is 0 Å². The Kier molecular flexibility index (Phi) is 4.51. The van der Waals surface area contributed by atoms with Crippen molar-refractivity contribution < 1.29 is 12.8 Å². The molecule has 0 spiro atoms. The van der Waals surface area contributed by atoms with E-state index in [2.05, 4.69) is 4.72 Å². The summed E-state index contributed by atoms with van der Waals surface area (Å²) >= 11 is 5.81. The van der Waals surface area contributed by atoms with Crippen LogP contribution in [0.3, 0.4) is 0 Å². The Balaban J connectivity index is 2.26. The van der Waals surface area contributed by atoms with Crippen LogP contribution in [0.15, 0.2) is 41.3 Å². The maximum Gasteiger partial charge on any atom is 0.242 e. The van der Waals surface area contributed by atoms with Crippen LogP contribution in [0.1, 0.15) is 11.1 Å². The van der Waals surface area contributed by atoms with E-state index in [1.807, 2.05) is 0 Å². The summed E-state index contributed by atoms with van der Waals surface area (Å²) in [7, 11) is -3.90. The van der Waals surface area contributed by atoms with Gasteiger partial charge in [-0.25, -0.2) is 17.5 Å². The molecule has 4 nitrogen and oxygen atoms in total. The molecule has 0 fully saturated rings.